The molecule has 0 saturated carbocycles. The predicted octanol–water partition coefficient (Wildman–Crippen LogP) is 8.02. The third-order valence-electron chi connectivity index (χ3n) is 5.98. The van der Waals surface area contributed by atoms with Crippen LogP contribution in [0.5, 0.6) is 11.5 Å². The summed E-state index contributed by atoms with van der Waals surface area (Å²) in [6, 6.07) is 8.38. The van der Waals surface area contributed by atoms with Crippen LogP contribution >= 0.6 is 15.9 Å². The van der Waals surface area contributed by atoms with Gasteiger partial charge in [-0.15, -0.1) is 4.89 Å². The molecule has 10 heteroatoms. The SMILES string of the molecule is CC(C)c1cc(-c2cc(C(C)C)c(OCOP(C)(=O)O)c(C(C)C)c2)cc(C(C)C)c1OCO[P+](=O)O. The highest BCUT2D eigenvalue weighted by molar-refractivity contribution is 7.51. The van der Waals surface area contributed by atoms with E-state index in [0.29, 0.717) is 11.5 Å². The van der Waals surface area contributed by atoms with E-state index in [-0.39, 0.29) is 37.3 Å². The molecule has 2 rings (SSSR count). The second-order valence-electron chi connectivity index (χ2n) is 10.4. The number of hydrogen-bond acceptors (Lipinski definition) is 6. The third kappa shape index (κ3) is 8.88. The summed E-state index contributed by atoms with van der Waals surface area (Å²) in [4.78, 5) is 18.5. The van der Waals surface area contributed by atoms with Crippen LogP contribution < -0.4 is 9.47 Å². The first kappa shape index (κ1) is 31.4. The molecule has 2 atom stereocenters. The molecule has 0 saturated heterocycles. The fourth-order valence-electron chi connectivity index (χ4n) is 4.04. The molecule has 0 amide bonds. The van der Waals surface area contributed by atoms with Gasteiger partial charge in [-0.3, -0.25) is 9.09 Å². The third-order valence-corrected chi connectivity index (χ3v) is 6.89. The van der Waals surface area contributed by atoms with Gasteiger partial charge in [-0.25, -0.2) is 0 Å². The lowest BCUT2D eigenvalue weighted by atomic mass is 9.86. The first-order chi connectivity index (χ1) is 17.1. The molecular weight excluding hydrogens is 514 g/mol. The molecule has 0 aliphatic rings. The summed E-state index contributed by atoms with van der Waals surface area (Å²) in [5.41, 5.74) is 5.96. The average Bonchev–Trinajstić information content (AvgIpc) is 2.77. The Morgan fingerprint density at radius 1 is 0.730 bits per heavy atom. The molecule has 0 spiro atoms. The fourth-order valence-corrected chi connectivity index (χ4v) is 4.44. The molecule has 0 bridgehead atoms. The lowest BCUT2D eigenvalue weighted by Crippen LogP contribution is -2.09. The van der Waals surface area contributed by atoms with Crippen LogP contribution in [0.3, 0.4) is 0 Å². The van der Waals surface area contributed by atoms with Crippen LogP contribution in [-0.4, -0.2) is 30.0 Å². The first-order valence-corrected chi connectivity index (χ1v) is 15.6. The zero-order chi connectivity index (χ0) is 28.1. The highest BCUT2D eigenvalue weighted by Gasteiger charge is 2.23. The van der Waals surface area contributed by atoms with Gasteiger partial charge in [-0.1, -0.05) is 59.9 Å². The molecule has 2 unspecified atom stereocenters. The zero-order valence-electron chi connectivity index (χ0n) is 23.3. The largest absolute Gasteiger partial charge is 0.698 e. The minimum atomic E-state index is -3.66. The minimum absolute atomic E-state index is 0.129. The van der Waals surface area contributed by atoms with E-state index in [1.165, 1.54) is 0 Å². The molecule has 0 heterocycles. The van der Waals surface area contributed by atoms with Crippen molar-refractivity contribution in [1.29, 1.82) is 0 Å². The summed E-state index contributed by atoms with van der Waals surface area (Å²) in [5, 5.41) is 0. The van der Waals surface area contributed by atoms with Gasteiger partial charge >= 0.3 is 15.9 Å². The molecule has 0 aromatic heterocycles. The fraction of sp³-hybridized carbons (Fsp3) is 0.556. The maximum atomic E-state index is 11.6. The summed E-state index contributed by atoms with van der Waals surface area (Å²) < 4.78 is 44.1. The van der Waals surface area contributed by atoms with Gasteiger partial charge < -0.3 is 14.4 Å². The van der Waals surface area contributed by atoms with Crippen LogP contribution in [-0.2, 0) is 18.2 Å². The molecule has 37 heavy (non-hydrogen) atoms. The first-order valence-electron chi connectivity index (χ1n) is 12.5. The molecule has 206 valence electrons. The lowest BCUT2D eigenvalue weighted by molar-refractivity contribution is 0.105. The number of ether oxygens (including phenoxy) is 2. The highest BCUT2D eigenvalue weighted by atomic mass is 31.2. The van der Waals surface area contributed by atoms with Crippen LogP contribution in [0.2, 0.25) is 0 Å². The van der Waals surface area contributed by atoms with Gasteiger partial charge in [0.25, 0.3) is 0 Å². The topological polar surface area (TPSA) is 112 Å². The summed E-state index contributed by atoms with van der Waals surface area (Å²) in [7, 11) is -6.41. The Bertz CT molecular complexity index is 1080. The minimum Gasteiger partial charge on any atom is -0.466 e. The zero-order valence-corrected chi connectivity index (χ0v) is 25.1. The van der Waals surface area contributed by atoms with Crippen LogP contribution in [0.15, 0.2) is 24.3 Å². The predicted molar refractivity (Wildman–Crippen MR) is 147 cm³/mol. The van der Waals surface area contributed by atoms with Crippen molar-refractivity contribution in [2.24, 2.45) is 0 Å². The van der Waals surface area contributed by atoms with Gasteiger partial charge in [-0.2, -0.15) is 0 Å². The maximum absolute atomic E-state index is 11.6. The molecule has 0 radical (unpaired) electrons. The summed E-state index contributed by atoms with van der Waals surface area (Å²) in [6.45, 7) is 17.1. The second-order valence-corrected chi connectivity index (χ2v) is 13.0. The number of hydrogen-bond donors (Lipinski definition) is 2. The van der Waals surface area contributed by atoms with Crippen molar-refractivity contribution in [3.8, 4) is 22.6 Å². The summed E-state index contributed by atoms with van der Waals surface area (Å²) >= 11 is 0. The standard InChI is InChI=1S/C27H40O8P2/c1-16(2)22-10-20(11-23(17(3)4)26(22)32-14-34-36(28)29)21-12-24(18(5)6)27(25(13-21)19(7)8)33-15-35-37(9,30)31/h10-13,16-19H,14-15H2,1-9H3,(H-,28,29,30,31)/p+1. The van der Waals surface area contributed by atoms with Crippen LogP contribution in [0.4, 0.5) is 0 Å². The van der Waals surface area contributed by atoms with E-state index >= 15 is 0 Å². The summed E-state index contributed by atoms with van der Waals surface area (Å²) in [6.07, 6.45) is 0. The monoisotopic (exact) mass is 555 g/mol. The molecular formula is C27H41O8P2+. The van der Waals surface area contributed by atoms with E-state index < -0.39 is 15.9 Å². The summed E-state index contributed by atoms with van der Waals surface area (Å²) in [5.74, 6) is 1.86. The lowest BCUT2D eigenvalue weighted by Gasteiger charge is -2.24. The van der Waals surface area contributed by atoms with Crippen LogP contribution in [0.1, 0.15) is 101 Å². The maximum Gasteiger partial charge on any atom is 0.698 e. The molecule has 0 aliphatic carbocycles. The van der Waals surface area contributed by atoms with Crippen LogP contribution in [0, 0.1) is 0 Å². The van der Waals surface area contributed by atoms with Gasteiger partial charge in [-0.05, 0) is 81.3 Å². The molecule has 8 nitrogen and oxygen atoms in total. The number of rotatable bonds is 13. The normalized spacial score (nSPS) is 14.0. The quantitative estimate of drug-likeness (QED) is 0.189. The average molecular weight is 556 g/mol. The van der Waals surface area contributed by atoms with Crippen molar-refractivity contribution in [2.45, 2.75) is 79.1 Å². The second kappa shape index (κ2) is 13.3. The van der Waals surface area contributed by atoms with Crippen molar-refractivity contribution < 1.29 is 37.4 Å². The molecule has 2 aromatic carbocycles. The number of benzene rings is 2. The Labute approximate surface area is 221 Å². The smallest absolute Gasteiger partial charge is 0.466 e. The Morgan fingerprint density at radius 3 is 1.32 bits per heavy atom. The van der Waals surface area contributed by atoms with E-state index in [1.54, 1.807) is 0 Å². The Balaban J connectivity index is 2.69. The van der Waals surface area contributed by atoms with Crippen molar-refractivity contribution in [1.82, 2.24) is 0 Å². The Kier molecular flexibility index (Phi) is 11.3. The van der Waals surface area contributed by atoms with Gasteiger partial charge in [0, 0.05) is 11.2 Å². The van der Waals surface area contributed by atoms with E-state index in [2.05, 4.69) is 79.7 Å². The van der Waals surface area contributed by atoms with Gasteiger partial charge in [0.05, 0.1) is 0 Å². The van der Waals surface area contributed by atoms with Gasteiger partial charge in [0.1, 0.15) is 11.5 Å². The van der Waals surface area contributed by atoms with E-state index in [4.69, 9.17) is 23.4 Å². The van der Waals surface area contributed by atoms with E-state index in [0.717, 1.165) is 40.0 Å². The molecule has 0 aliphatic heterocycles. The molecule has 2 N–H and O–H groups in total. The molecule has 2 aromatic rings. The molecule has 0 fully saturated rings. The van der Waals surface area contributed by atoms with Crippen molar-refractivity contribution in [2.75, 3.05) is 20.3 Å². The highest BCUT2D eigenvalue weighted by Crippen LogP contribution is 2.43. The van der Waals surface area contributed by atoms with Gasteiger partial charge in [0.2, 0.25) is 6.79 Å². The Hall–Kier alpha value is -1.79. The van der Waals surface area contributed by atoms with Crippen molar-refractivity contribution >= 4 is 15.9 Å². The van der Waals surface area contributed by atoms with Crippen molar-refractivity contribution in [3.05, 3.63) is 46.5 Å². The van der Waals surface area contributed by atoms with E-state index in [1.807, 2.05) is 0 Å². The van der Waals surface area contributed by atoms with Crippen molar-refractivity contribution in [3.63, 3.8) is 0 Å². The van der Waals surface area contributed by atoms with Gasteiger partial charge in [0.15, 0.2) is 6.79 Å². The van der Waals surface area contributed by atoms with Crippen LogP contribution in [0.25, 0.3) is 11.1 Å². The Morgan fingerprint density at radius 2 is 1.05 bits per heavy atom. The van der Waals surface area contributed by atoms with E-state index in [9.17, 15) is 14.0 Å².